The van der Waals surface area contributed by atoms with E-state index in [0.717, 1.165) is 15.4 Å². The van der Waals surface area contributed by atoms with Crippen LogP contribution in [0.2, 0.25) is 0 Å². The lowest BCUT2D eigenvalue weighted by Gasteiger charge is -2.21. The van der Waals surface area contributed by atoms with Gasteiger partial charge in [-0.2, -0.15) is 13.2 Å². The molecule has 0 radical (unpaired) electrons. The second kappa shape index (κ2) is 8.75. The van der Waals surface area contributed by atoms with Crippen molar-refractivity contribution in [1.82, 2.24) is 10.6 Å². The number of nitrogens with one attached hydrogen (secondary N) is 2. The smallest absolute Gasteiger partial charge is 0.416 e. The van der Waals surface area contributed by atoms with Crippen LogP contribution in [-0.4, -0.2) is 29.7 Å². The van der Waals surface area contributed by atoms with Crippen molar-refractivity contribution in [2.45, 2.75) is 25.6 Å². The van der Waals surface area contributed by atoms with Crippen LogP contribution in [0, 0.1) is 6.92 Å². The van der Waals surface area contributed by atoms with Crippen molar-refractivity contribution in [3.05, 3.63) is 55.7 Å². The van der Waals surface area contributed by atoms with E-state index in [0.29, 0.717) is 4.88 Å². The Morgan fingerprint density at radius 2 is 1.96 bits per heavy atom. The van der Waals surface area contributed by atoms with Crippen molar-refractivity contribution >= 4 is 39.3 Å². The van der Waals surface area contributed by atoms with Gasteiger partial charge in [-0.3, -0.25) is 4.79 Å². The lowest BCUT2D eigenvalue weighted by Crippen LogP contribution is -2.44. The average Bonchev–Trinajstić information content (AvgIpc) is 2.91. The zero-order valence-corrected chi connectivity index (χ0v) is 16.5. The second-order valence-corrected chi connectivity index (χ2v) is 7.84. The molecule has 0 unspecified atom stereocenters. The molecule has 10 heteroatoms. The summed E-state index contributed by atoms with van der Waals surface area (Å²) in [5.74, 6) is -0.476. The molecular formula is C17H16BrF3N2O3S. The Labute approximate surface area is 165 Å². The summed E-state index contributed by atoms with van der Waals surface area (Å²) < 4.78 is 40.3. The number of benzene rings is 1. The molecule has 1 atom stereocenters. The number of halogens is 4. The van der Waals surface area contributed by atoms with Gasteiger partial charge in [0.05, 0.1) is 16.5 Å². The number of amides is 2. The molecule has 3 N–H and O–H groups in total. The van der Waals surface area contributed by atoms with E-state index in [1.807, 2.05) is 6.92 Å². The number of hydrogen-bond donors (Lipinski definition) is 3. The minimum atomic E-state index is -4.54. The van der Waals surface area contributed by atoms with E-state index in [1.165, 1.54) is 29.5 Å². The van der Waals surface area contributed by atoms with E-state index in [9.17, 15) is 22.8 Å². The molecule has 27 heavy (non-hydrogen) atoms. The zero-order chi connectivity index (χ0) is 20.2. The first-order chi connectivity index (χ1) is 12.6. The van der Waals surface area contributed by atoms with Gasteiger partial charge in [-0.05, 0) is 47.0 Å². The van der Waals surface area contributed by atoms with E-state index in [2.05, 4.69) is 26.6 Å². The Morgan fingerprint density at radius 1 is 1.30 bits per heavy atom. The highest BCUT2D eigenvalue weighted by atomic mass is 79.9. The van der Waals surface area contributed by atoms with Crippen molar-refractivity contribution in [1.29, 1.82) is 0 Å². The van der Waals surface area contributed by atoms with E-state index in [4.69, 9.17) is 5.11 Å². The van der Waals surface area contributed by atoms with E-state index in [-0.39, 0.29) is 18.5 Å². The fourth-order valence-corrected chi connectivity index (χ4v) is 3.89. The molecule has 2 rings (SSSR count). The Balaban J connectivity index is 2.22. The van der Waals surface area contributed by atoms with Gasteiger partial charge >= 0.3 is 12.3 Å². The summed E-state index contributed by atoms with van der Waals surface area (Å²) in [6.45, 7) is 1.59. The van der Waals surface area contributed by atoms with Gasteiger partial charge in [0.15, 0.2) is 0 Å². The maximum absolute atomic E-state index is 13.2. The molecule has 5 nitrogen and oxygen atoms in total. The van der Waals surface area contributed by atoms with Crippen molar-refractivity contribution in [2.75, 3.05) is 6.54 Å². The summed E-state index contributed by atoms with van der Waals surface area (Å²) in [6.07, 6.45) is -6.04. The fraction of sp³-hybridized carbons (Fsp3) is 0.294. The van der Waals surface area contributed by atoms with Crippen molar-refractivity contribution < 1.29 is 27.9 Å². The molecule has 0 bridgehead atoms. The molecule has 0 saturated heterocycles. The van der Waals surface area contributed by atoms with Crippen molar-refractivity contribution in [2.24, 2.45) is 0 Å². The summed E-state index contributed by atoms with van der Waals surface area (Å²) in [5, 5.41) is 13.5. The number of carbonyl (C=O) groups excluding carboxylic acids is 1. The van der Waals surface area contributed by atoms with Crippen LogP contribution in [0.3, 0.4) is 0 Å². The first-order valence-corrected chi connectivity index (χ1v) is 9.37. The number of aryl methyl sites for hydroxylation is 1. The predicted molar refractivity (Wildman–Crippen MR) is 99.2 cm³/mol. The maximum Gasteiger partial charge on any atom is 0.416 e. The quantitative estimate of drug-likeness (QED) is 0.590. The lowest BCUT2D eigenvalue weighted by molar-refractivity contribution is -0.138. The van der Waals surface area contributed by atoms with Gasteiger partial charge in [-0.1, -0.05) is 18.2 Å². The molecule has 0 aliphatic rings. The summed E-state index contributed by atoms with van der Waals surface area (Å²) >= 11 is 4.53. The molecule has 0 saturated carbocycles. The van der Waals surface area contributed by atoms with Gasteiger partial charge in [0.2, 0.25) is 0 Å². The molecule has 0 fully saturated rings. The predicted octanol–water partition coefficient (Wildman–Crippen LogP) is 4.45. The van der Waals surface area contributed by atoms with Crippen LogP contribution in [0.4, 0.5) is 18.0 Å². The Hall–Kier alpha value is -2.07. The lowest BCUT2D eigenvalue weighted by atomic mass is 9.99. The fourth-order valence-electron chi connectivity index (χ4n) is 2.45. The van der Waals surface area contributed by atoms with Crippen molar-refractivity contribution in [3.63, 3.8) is 0 Å². The van der Waals surface area contributed by atoms with Crippen LogP contribution in [0.15, 0.2) is 34.8 Å². The maximum atomic E-state index is 13.2. The highest BCUT2D eigenvalue weighted by Crippen LogP contribution is 2.32. The molecule has 0 aliphatic heterocycles. The molecule has 0 aliphatic carbocycles. The number of rotatable bonds is 6. The molecular weight excluding hydrogens is 449 g/mol. The van der Waals surface area contributed by atoms with Crippen LogP contribution < -0.4 is 10.6 Å². The van der Waals surface area contributed by atoms with Gasteiger partial charge in [0.1, 0.15) is 0 Å². The van der Waals surface area contributed by atoms with Crippen LogP contribution >= 0.6 is 27.3 Å². The number of carboxylic acid groups (broad SMARTS) is 1. The summed E-state index contributed by atoms with van der Waals surface area (Å²) in [6, 6.07) is 5.78. The number of thiophene rings is 1. The summed E-state index contributed by atoms with van der Waals surface area (Å²) in [7, 11) is 0. The summed E-state index contributed by atoms with van der Waals surface area (Å²) in [5.41, 5.74) is -0.833. The topological polar surface area (TPSA) is 78.4 Å². The third-order valence-corrected chi connectivity index (χ3v) is 5.84. The van der Waals surface area contributed by atoms with E-state index < -0.39 is 29.8 Å². The van der Waals surface area contributed by atoms with Gasteiger partial charge in [-0.15, -0.1) is 11.3 Å². The first kappa shape index (κ1) is 21.2. The monoisotopic (exact) mass is 464 g/mol. The van der Waals surface area contributed by atoms with Gasteiger partial charge in [0.25, 0.3) is 5.91 Å². The largest absolute Gasteiger partial charge is 0.465 e. The van der Waals surface area contributed by atoms with E-state index in [1.54, 1.807) is 6.07 Å². The van der Waals surface area contributed by atoms with Crippen LogP contribution in [0.5, 0.6) is 0 Å². The Kier molecular flexibility index (Phi) is 6.88. The third kappa shape index (κ3) is 5.96. The first-order valence-electron chi connectivity index (χ1n) is 7.76. The number of carbonyl (C=O) groups is 2. The van der Waals surface area contributed by atoms with Crippen LogP contribution in [0.1, 0.15) is 25.7 Å². The second-order valence-electron chi connectivity index (χ2n) is 5.73. The number of alkyl halides is 3. The molecule has 2 aromatic rings. The minimum absolute atomic E-state index is 0.0222. The normalized spacial score (nSPS) is 12.5. The highest BCUT2D eigenvalue weighted by Gasteiger charge is 2.33. The van der Waals surface area contributed by atoms with Crippen molar-refractivity contribution in [3.8, 4) is 0 Å². The highest BCUT2D eigenvalue weighted by molar-refractivity contribution is 9.10. The average molecular weight is 465 g/mol. The standard InChI is InChI=1S/C17H16BrF3N2O3S/c1-9-13(18)7-14(27-9)15(24)23-11(8-22-16(25)26)6-10-4-2-3-5-12(10)17(19,20)21/h2-5,7,11,22H,6,8H2,1H3,(H,23,24)(H,25,26)/t11-/m1/s1. The summed E-state index contributed by atoms with van der Waals surface area (Å²) in [4.78, 5) is 24.5. The minimum Gasteiger partial charge on any atom is -0.465 e. The molecule has 0 spiro atoms. The van der Waals surface area contributed by atoms with Gasteiger partial charge < -0.3 is 15.7 Å². The molecule has 1 aromatic heterocycles. The molecule has 1 heterocycles. The molecule has 146 valence electrons. The van der Waals surface area contributed by atoms with Gasteiger partial charge in [0, 0.05) is 15.9 Å². The molecule has 2 amide bonds. The Bertz CT molecular complexity index is 820. The van der Waals surface area contributed by atoms with Crippen LogP contribution in [-0.2, 0) is 12.6 Å². The van der Waals surface area contributed by atoms with Crippen LogP contribution in [0.25, 0.3) is 0 Å². The SMILES string of the molecule is Cc1sc(C(=O)N[C@@H](CNC(=O)O)Cc2ccccc2C(F)(F)F)cc1Br. The zero-order valence-electron chi connectivity index (χ0n) is 14.1. The Morgan fingerprint density at radius 3 is 2.52 bits per heavy atom. The molecule has 1 aromatic carbocycles. The number of hydrogen-bond acceptors (Lipinski definition) is 3. The van der Waals surface area contributed by atoms with E-state index >= 15 is 0 Å². The van der Waals surface area contributed by atoms with Gasteiger partial charge in [-0.25, -0.2) is 4.79 Å². The third-order valence-electron chi connectivity index (χ3n) is 3.70.